The van der Waals surface area contributed by atoms with Gasteiger partial charge >= 0.3 is 0 Å². The molecule has 0 aliphatic rings. The van der Waals surface area contributed by atoms with Crippen LogP contribution in [0.15, 0.2) is 53.8 Å². The Kier molecular flexibility index (Phi) is 9.78. The number of aromatic nitrogens is 1. The predicted octanol–water partition coefficient (Wildman–Crippen LogP) is 3.56. The highest BCUT2D eigenvalue weighted by atomic mass is 127. The summed E-state index contributed by atoms with van der Waals surface area (Å²) in [5.74, 6) is 0.864. The molecule has 2 N–H and O–H groups in total. The molecule has 0 atom stereocenters. The molecule has 126 valence electrons. The summed E-state index contributed by atoms with van der Waals surface area (Å²) in [4.78, 5) is 4.60. The summed E-state index contributed by atoms with van der Waals surface area (Å²) >= 11 is 5.89. The van der Waals surface area contributed by atoms with E-state index in [1.807, 2.05) is 36.4 Å². The maximum Gasteiger partial charge on any atom is 0.191 e. The van der Waals surface area contributed by atoms with Crippen LogP contribution in [0.25, 0.3) is 0 Å². The zero-order valence-corrected chi connectivity index (χ0v) is 16.4. The van der Waals surface area contributed by atoms with E-state index in [0.717, 1.165) is 43.6 Å². The summed E-state index contributed by atoms with van der Waals surface area (Å²) in [6.07, 6.45) is 5.03. The van der Waals surface area contributed by atoms with Gasteiger partial charge in [0.05, 0.1) is 0 Å². The number of halogens is 2. The van der Waals surface area contributed by atoms with E-state index in [-0.39, 0.29) is 24.0 Å². The van der Waals surface area contributed by atoms with Crippen molar-refractivity contribution >= 4 is 41.5 Å². The monoisotopic (exact) mass is 446 g/mol. The molecule has 1 aromatic carbocycles. The fourth-order valence-corrected chi connectivity index (χ4v) is 2.24. The van der Waals surface area contributed by atoms with Gasteiger partial charge in [-0.15, -0.1) is 24.0 Å². The van der Waals surface area contributed by atoms with Crippen LogP contribution in [0, 0.1) is 0 Å². The molecule has 0 aliphatic carbocycles. The lowest BCUT2D eigenvalue weighted by Crippen LogP contribution is -2.39. The van der Waals surface area contributed by atoms with Crippen LogP contribution in [0.5, 0.6) is 0 Å². The first-order valence-corrected chi connectivity index (χ1v) is 8.03. The van der Waals surface area contributed by atoms with Gasteiger partial charge in [0.25, 0.3) is 0 Å². The Bertz CT molecular complexity index is 567. The molecular weight excluding hydrogens is 423 g/mol. The zero-order valence-electron chi connectivity index (χ0n) is 13.3. The number of benzene rings is 1. The predicted molar refractivity (Wildman–Crippen MR) is 109 cm³/mol. The molecule has 0 aliphatic heterocycles. The summed E-state index contributed by atoms with van der Waals surface area (Å²) in [7, 11) is 0. The van der Waals surface area contributed by atoms with Crippen LogP contribution in [-0.4, -0.2) is 30.2 Å². The minimum atomic E-state index is 0. The summed E-state index contributed by atoms with van der Waals surface area (Å²) < 4.78 is 2.14. The third-order valence-corrected chi connectivity index (χ3v) is 3.51. The second-order valence-corrected chi connectivity index (χ2v) is 5.42. The first-order chi connectivity index (χ1) is 10.8. The average Bonchev–Trinajstić information content (AvgIpc) is 3.02. The van der Waals surface area contributed by atoms with Gasteiger partial charge in [-0.25, -0.2) is 0 Å². The Hall–Kier alpha value is -1.21. The highest BCUT2D eigenvalue weighted by Gasteiger charge is 1.98. The van der Waals surface area contributed by atoms with E-state index in [9.17, 15) is 0 Å². The average molecular weight is 447 g/mol. The number of guanidine groups is 1. The standard InChI is InChI=1S/C17H23ClN4.HI/c1-2-19-17(21-11-14-22-12-3-4-13-22)20-10-9-15-5-7-16(18)8-6-15;/h3-8,12-13H,2,9-11,14H2,1H3,(H2,19,20,21);1H. The largest absolute Gasteiger partial charge is 0.357 e. The summed E-state index contributed by atoms with van der Waals surface area (Å²) in [5, 5.41) is 7.39. The number of nitrogens with zero attached hydrogens (tertiary/aromatic N) is 2. The topological polar surface area (TPSA) is 41.4 Å². The molecule has 6 heteroatoms. The number of hydrogen-bond donors (Lipinski definition) is 2. The Morgan fingerprint density at radius 3 is 2.48 bits per heavy atom. The van der Waals surface area contributed by atoms with Crippen LogP contribution in [0.3, 0.4) is 0 Å². The molecule has 0 saturated heterocycles. The van der Waals surface area contributed by atoms with Gasteiger partial charge in [0.2, 0.25) is 0 Å². The third kappa shape index (κ3) is 7.74. The van der Waals surface area contributed by atoms with E-state index in [0.29, 0.717) is 0 Å². The van der Waals surface area contributed by atoms with Gasteiger partial charge in [-0.05, 0) is 43.2 Å². The highest BCUT2D eigenvalue weighted by Crippen LogP contribution is 2.09. The van der Waals surface area contributed by atoms with E-state index in [1.54, 1.807) is 0 Å². The van der Waals surface area contributed by atoms with Crippen LogP contribution in [0.1, 0.15) is 12.5 Å². The molecule has 0 bridgehead atoms. The van der Waals surface area contributed by atoms with Gasteiger partial charge in [-0.2, -0.15) is 0 Å². The molecular formula is C17H24ClIN4. The van der Waals surface area contributed by atoms with E-state index in [1.165, 1.54) is 5.56 Å². The molecule has 23 heavy (non-hydrogen) atoms. The fourth-order valence-electron chi connectivity index (χ4n) is 2.11. The SMILES string of the molecule is CCNC(=NCCc1ccc(Cl)cc1)NCCn1cccc1.I. The van der Waals surface area contributed by atoms with E-state index < -0.39 is 0 Å². The van der Waals surface area contributed by atoms with Crippen LogP contribution in [-0.2, 0) is 13.0 Å². The van der Waals surface area contributed by atoms with Gasteiger partial charge in [0.15, 0.2) is 5.96 Å². The Morgan fingerprint density at radius 1 is 1.13 bits per heavy atom. The first kappa shape index (κ1) is 19.8. The number of hydrogen-bond acceptors (Lipinski definition) is 1. The lowest BCUT2D eigenvalue weighted by Gasteiger charge is -2.11. The minimum absolute atomic E-state index is 0. The third-order valence-electron chi connectivity index (χ3n) is 3.26. The van der Waals surface area contributed by atoms with Crippen molar-refractivity contribution in [2.24, 2.45) is 4.99 Å². The quantitative estimate of drug-likeness (QED) is 0.388. The van der Waals surface area contributed by atoms with Crippen LogP contribution in [0.4, 0.5) is 0 Å². The second kappa shape index (κ2) is 11.3. The smallest absolute Gasteiger partial charge is 0.191 e. The van der Waals surface area contributed by atoms with Crippen molar-refractivity contribution in [2.75, 3.05) is 19.6 Å². The Morgan fingerprint density at radius 2 is 1.83 bits per heavy atom. The maximum atomic E-state index is 5.89. The van der Waals surface area contributed by atoms with Gasteiger partial charge < -0.3 is 15.2 Å². The number of nitrogens with one attached hydrogen (secondary N) is 2. The van der Waals surface area contributed by atoms with Gasteiger partial charge in [0, 0.05) is 43.6 Å². The van der Waals surface area contributed by atoms with Crippen LogP contribution < -0.4 is 10.6 Å². The zero-order chi connectivity index (χ0) is 15.6. The normalized spacial score (nSPS) is 11.0. The lowest BCUT2D eigenvalue weighted by molar-refractivity contribution is 0.665. The molecule has 2 aromatic rings. The van der Waals surface area contributed by atoms with Gasteiger partial charge in [-0.1, -0.05) is 23.7 Å². The summed E-state index contributed by atoms with van der Waals surface area (Å²) in [6, 6.07) is 12.0. The fraction of sp³-hybridized carbons (Fsp3) is 0.353. The molecule has 0 fully saturated rings. The number of aliphatic imine (C=N–C) groups is 1. The molecule has 1 aromatic heterocycles. The van der Waals surface area contributed by atoms with Gasteiger partial charge in [0.1, 0.15) is 0 Å². The molecule has 0 amide bonds. The summed E-state index contributed by atoms with van der Waals surface area (Å²) in [5.41, 5.74) is 1.25. The summed E-state index contributed by atoms with van der Waals surface area (Å²) in [6.45, 7) is 5.45. The van der Waals surface area contributed by atoms with Crippen LogP contribution in [0.2, 0.25) is 5.02 Å². The van der Waals surface area contributed by atoms with E-state index in [4.69, 9.17) is 11.6 Å². The van der Waals surface area contributed by atoms with Crippen molar-refractivity contribution in [1.29, 1.82) is 0 Å². The van der Waals surface area contributed by atoms with E-state index in [2.05, 4.69) is 39.5 Å². The van der Waals surface area contributed by atoms with Crippen molar-refractivity contribution in [3.63, 3.8) is 0 Å². The molecule has 4 nitrogen and oxygen atoms in total. The Labute approximate surface area is 160 Å². The van der Waals surface area contributed by atoms with Crippen molar-refractivity contribution < 1.29 is 0 Å². The second-order valence-electron chi connectivity index (χ2n) is 4.98. The van der Waals surface area contributed by atoms with Crippen molar-refractivity contribution in [3.8, 4) is 0 Å². The molecule has 0 unspecified atom stereocenters. The number of rotatable bonds is 7. The molecule has 0 radical (unpaired) electrons. The minimum Gasteiger partial charge on any atom is -0.357 e. The Balaban J connectivity index is 0.00000264. The first-order valence-electron chi connectivity index (χ1n) is 7.65. The van der Waals surface area contributed by atoms with Gasteiger partial charge in [-0.3, -0.25) is 4.99 Å². The molecule has 1 heterocycles. The van der Waals surface area contributed by atoms with Crippen molar-refractivity contribution in [2.45, 2.75) is 19.9 Å². The lowest BCUT2D eigenvalue weighted by atomic mass is 10.1. The highest BCUT2D eigenvalue weighted by molar-refractivity contribution is 14.0. The van der Waals surface area contributed by atoms with Crippen molar-refractivity contribution in [1.82, 2.24) is 15.2 Å². The maximum absolute atomic E-state index is 5.89. The van der Waals surface area contributed by atoms with E-state index >= 15 is 0 Å². The van der Waals surface area contributed by atoms with Crippen LogP contribution >= 0.6 is 35.6 Å². The van der Waals surface area contributed by atoms with Crippen molar-refractivity contribution in [3.05, 3.63) is 59.4 Å². The molecule has 2 rings (SSSR count). The molecule has 0 spiro atoms. The molecule has 0 saturated carbocycles.